The minimum atomic E-state index is -0.407. The number of nitrogens with zero attached hydrogens (tertiary/aromatic N) is 1. The first-order valence-electron chi connectivity index (χ1n) is 4.65. The lowest BCUT2D eigenvalue weighted by Gasteiger charge is -2.08. The average molecular weight is 274 g/mol. The van der Waals surface area contributed by atoms with E-state index in [2.05, 4.69) is 15.9 Å². The number of nitro groups is 1. The number of rotatable bonds is 5. The van der Waals surface area contributed by atoms with Crippen LogP contribution in [0.25, 0.3) is 0 Å². The molecule has 0 heterocycles. The highest BCUT2D eigenvalue weighted by Crippen LogP contribution is 2.26. The fourth-order valence-electron chi connectivity index (χ4n) is 1.14. The van der Waals surface area contributed by atoms with Crippen LogP contribution >= 0.6 is 15.9 Å². The Balaban J connectivity index is 2.93. The zero-order valence-corrected chi connectivity index (χ0v) is 9.99. The van der Waals surface area contributed by atoms with Gasteiger partial charge in [0.15, 0.2) is 0 Å². The zero-order chi connectivity index (χ0) is 11.3. The van der Waals surface area contributed by atoms with Crippen LogP contribution in [0.2, 0.25) is 0 Å². The van der Waals surface area contributed by atoms with Crippen LogP contribution in [0.3, 0.4) is 0 Å². The Labute approximate surface area is 96.5 Å². The molecule has 0 atom stereocenters. The highest BCUT2D eigenvalue weighted by Gasteiger charge is 2.10. The Bertz CT molecular complexity index is 355. The number of benzene rings is 1. The third-order valence-corrected chi connectivity index (χ3v) is 2.46. The monoisotopic (exact) mass is 273 g/mol. The van der Waals surface area contributed by atoms with E-state index in [1.807, 2.05) is 6.92 Å². The zero-order valence-electron chi connectivity index (χ0n) is 8.40. The van der Waals surface area contributed by atoms with Gasteiger partial charge in [-0.1, -0.05) is 22.9 Å². The highest BCUT2D eigenvalue weighted by atomic mass is 79.9. The van der Waals surface area contributed by atoms with Gasteiger partial charge >= 0.3 is 0 Å². The van der Waals surface area contributed by atoms with Crippen LogP contribution in [0, 0.1) is 10.1 Å². The predicted octanol–water partition coefficient (Wildman–Crippen LogP) is 3.28. The molecule has 0 radical (unpaired) electrons. The van der Waals surface area contributed by atoms with E-state index in [1.165, 1.54) is 12.1 Å². The van der Waals surface area contributed by atoms with Gasteiger partial charge in [-0.25, -0.2) is 0 Å². The first kappa shape index (κ1) is 12.0. The fourth-order valence-corrected chi connectivity index (χ4v) is 1.57. The SMILES string of the molecule is CCCOc1ccc([N+](=O)[O-])cc1CBr. The van der Waals surface area contributed by atoms with Crippen LogP contribution in [0.15, 0.2) is 18.2 Å². The lowest BCUT2D eigenvalue weighted by molar-refractivity contribution is -0.384. The topological polar surface area (TPSA) is 52.4 Å². The van der Waals surface area contributed by atoms with Crippen LogP contribution in [0.5, 0.6) is 5.75 Å². The van der Waals surface area contributed by atoms with Crippen LogP contribution in [0.1, 0.15) is 18.9 Å². The Morgan fingerprint density at radius 1 is 1.53 bits per heavy atom. The molecule has 0 N–H and O–H groups in total. The van der Waals surface area contributed by atoms with E-state index in [1.54, 1.807) is 6.07 Å². The minimum Gasteiger partial charge on any atom is -0.493 e. The van der Waals surface area contributed by atoms with Gasteiger partial charge < -0.3 is 4.74 Å². The molecular weight excluding hydrogens is 262 g/mol. The summed E-state index contributed by atoms with van der Waals surface area (Å²) in [6.07, 6.45) is 0.915. The maximum absolute atomic E-state index is 10.5. The molecule has 82 valence electrons. The van der Waals surface area contributed by atoms with Gasteiger partial charge in [-0.05, 0) is 12.5 Å². The first-order valence-corrected chi connectivity index (χ1v) is 5.77. The van der Waals surface area contributed by atoms with Crippen molar-refractivity contribution in [2.75, 3.05) is 6.61 Å². The van der Waals surface area contributed by atoms with Crippen molar-refractivity contribution >= 4 is 21.6 Å². The summed E-state index contributed by atoms with van der Waals surface area (Å²) in [4.78, 5) is 10.1. The molecule has 0 aliphatic rings. The third kappa shape index (κ3) is 3.20. The highest BCUT2D eigenvalue weighted by molar-refractivity contribution is 9.08. The van der Waals surface area contributed by atoms with Crippen molar-refractivity contribution < 1.29 is 9.66 Å². The van der Waals surface area contributed by atoms with E-state index in [4.69, 9.17) is 4.74 Å². The van der Waals surface area contributed by atoms with E-state index < -0.39 is 4.92 Å². The summed E-state index contributed by atoms with van der Waals surface area (Å²) in [5.41, 5.74) is 0.894. The summed E-state index contributed by atoms with van der Waals surface area (Å²) in [6, 6.07) is 4.63. The first-order chi connectivity index (χ1) is 7.19. The average Bonchev–Trinajstić information content (AvgIpc) is 2.25. The van der Waals surface area contributed by atoms with Gasteiger partial charge in [-0.2, -0.15) is 0 Å². The lowest BCUT2D eigenvalue weighted by atomic mass is 10.2. The molecule has 0 aromatic heterocycles. The van der Waals surface area contributed by atoms with E-state index in [-0.39, 0.29) is 5.69 Å². The van der Waals surface area contributed by atoms with Gasteiger partial charge in [-0.3, -0.25) is 10.1 Å². The van der Waals surface area contributed by atoms with Crippen molar-refractivity contribution in [3.8, 4) is 5.75 Å². The Morgan fingerprint density at radius 3 is 2.80 bits per heavy atom. The predicted molar refractivity (Wildman–Crippen MR) is 61.5 cm³/mol. The van der Waals surface area contributed by atoms with E-state index in [0.29, 0.717) is 17.7 Å². The summed E-state index contributed by atoms with van der Waals surface area (Å²) < 4.78 is 5.46. The smallest absolute Gasteiger partial charge is 0.270 e. The molecule has 1 aromatic carbocycles. The van der Waals surface area contributed by atoms with Gasteiger partial charge in [-0.15, -0.1) is 0 Å². The second-order valence-corrected chi connectivity index (χ2v) is 3.59. The Hall–Kier alpha value is -1.10. The molecule has 0 saturated heterocycles. The summed E-state index contributed by atoms with van der Waals surface area (Å²) in [5.74, 6) is 0.708. The third-order valence-electron chi connectivity index (χ3n) is 1.86. The lowest BCUT2D eigenvalue weighted by Crippen LogP contribution is -1.99. The van der Waals surface area contributed by atoms with E-state index in [9.17, 15) is 10.1 Å². The van der Waals surface area contributed by atoms with Crippen molar-refractivity contribution in [1.29, 1.82) is 0 Å². The number of halogens is 1. The van der Waals surface area contributed by atoms with Crippen LogP contribution in [-0.4, -0.2) is 11.5 Å². The number of hydrogen-bond donors (Lipinski definition) is 0. The summed E-state index contributed by atoms with van der Waals surface area (Å²) >= 11 is 3.28. The summed E-state index contributed by atoms with van der Waals surface area (Å²) in [5, 5.41) is 11.1. The van der Waals surface area contributed by atoms with Gasteiger partial charge in [0.2, 0.25) is 0 Å². The van der Waals surface area contributed by atoms with Crippen molar-refractivity contribution in [3.63, 3.8) is 0 Å². The Morgan fingerprint density at radius 2 is 2.27 bits per heavy atom. The summed E-state index contributed by atoms with van der Waals surface area (Å²) in [7, 11) is 0. The second-order valence-electron chi connectivity index (χ2n) is 3.03. The van der Waals surface area contributed by atoms with Crippen molar-refractivity contribution in [1.82, 2.24) is 0 Å². The van der Waals surface area contributed by atoms with Gasteiger partial charge in [0.1, 0.15) is 5.75 Å². The second kappa shape index (κ2) is 5.70. The number of non-ortho nitro benzene ring substituents is 1. The number of alkyl halides is 1. The van der Waals surface area contributed by atoms with Crippen LogP contribution in [0.4, 0.5) is 5.69 Å². The molecule has 0 amide bonds. The summed E-state index contributed by atoms with van der Waals surface area (Å²) in [6.45, 7) is 2.64. The van der Waals surface area contributed by atoms with Crippen LogP contribution < -0.4 is 4.74 Å². The largest absolute Gasteiger partial charge is 0.493 e. The Kier molecular flexibility index (Phi) is 4.55. The molecule has 0 unspecified atom stereocenters. The van der Waals surface area contributed by atoms with Crippen molar-refractivity contribution in [3.05, 3.63) is 33.9 Å². The van der Waals surface area contributed by atoms with Crippen molar-refractivity contribution in [2.45, 2.75) is 18.7 Å². The maximum Gasteiger partial charge on any atom is 0.270 e. The molecule has 5 heteroatoms. The molecule has 0 fully saturated rings. The van der Waals surface area contributed by atoms with E-state index in [0.717, 1.165) is 12.0 Å². The van der Waals surface area contributed by atoms with Crippen molar-refractivity contribution in [2.24, 2.45) is 0 Å². The number of ether oxygens (including phenoxy) is 1. The van der Waals surface area contributed by atoms with Gasteiger partial charge in [0.05, 0.1) is 11.5 Å². The molecule has 15 heavy (non-hydrogen) atoms. The molecule has 0 spiro atoms. The fraction of sp³-hybridized carbons (Fsp3) is 0.400. The standard InChI is InChI=1S/C10H12BrNO3/c1-2-5-15-10-4-3-9(12(13)14)6-8(10)7-11/h3-4,6H,2,5,7H2,1H3. The van der Waals surface area contributed by atoms with Gasteiger partial charge in [0.25, 0.3) is 5.69 Å². The van der Waals surface area contributed by atoms with E-state index >= 15 is 0 Å². The molecular formula is C10H12BrNO3. The quantitative estimate of drug-likeness (QED) is 0.470. The minimum absolute atomic E-state index is 0.0910. The normalized spacial score (nSPS) is 10.0. The number of nitro benzene ring substituents is 1. The number of hydrogen-bond acceptors (Lipinski definition) is 3. The molecule has 1 aromatic rings. The maximum atomic E-state index is 10.5. The molecule has 0 aliphatic carbocycles. The van der Waals surface area contributed by atoms with Gasteiger partial charge in [0, 0.05) is 23.0 Å². The van der Waals surface area contributed by atoms with Crippen LogP contribution in [-0.2, 0) is 5.33 Å². The molecule has 0 aliphatic heterocycles. The molecule has 0 bridgehead atoms. The molecule has 1 rings (SSSR count). The molecule has 0 saturated carbocycles. The molecule has 4 nitrogen and oxygen atoms in total.